The number of hydrogen-bond donors (Lipinski definition) is 1. The van der Waals surface area contributed by atoms with Gasteiger partial charge in [0.1, 0.15) is 0 Å². The Balaban J connectivity index is 1.39. The van der Waals surface area contributed by atoms with Crippen LogP contribution in [0.25, 0.3) is 11.3 Å². The molecule has 2 aromatic carbocycles. The predicted molar refractivity (Wildman–Crippen MR) is 118 cm³/mol. The number of carbonyl (C=O) groups excluding carboxylic acids is 2. The Morgan fingerprint density at radius 1 is 0.966 bits per heavy atom. The Kier molecular flexibility index (Phi) is 7.30. The number of rotatable bonds is 9. The number of thiazole rings is 1. The summed E-state index contributed by atoms with van der Waals surface area (Å²) in [4.78, 5) is 28.7. The zero-order chi connectivity index (χ0) is 20.6. The molecule has 5 heteroatoms. The Morgan fingerprint density at radius 3 is 2.28 bits per heavy atom. The van der Waals surface area contributed by atoms with Crippen molar-refractivity contribution in [1.82, 2.24) is 10.3 Å². The molecule has 150 valence electrons. The molecule has 0 spiro atoms. The van der Waals surface area contributed by atoms with Crippen LogP contribution in [0.15, 0.2) is 53.9 Å². The molecule has 0 aliphatic heterocycles. The molecule has 0 radical (unpaired) electrons. The van der Waals surface area contributed by atoms with Gasteiger partial charge < -0.3 is 5.32 Å². The molecular formula is C24H26N2O2S. The number of carbonyl (C=O) groups is 2. The van der Waals surface area contributed by atoms with Crippen LogP contribution >= 0.6 is 11.3 Å². The maximum atomic E-state index is 12.2. The van der Waals surface area contributed by atoms with E-state index in [2.05, 4.69) is 46.9 Å². The first-order chi connectivity index (χ1) is 14.0. The lowest BCUT2D eigenvalue weighted by Crippen LogP contribution is -2.26. The third-order valence-electron chi connectivity index (χ3n) is 4.87. The largest absolute Gasteiger partial charge is 0.356 e. The maximum absolute atomic E-state index is 12.2. The van der Waals surface area contributed by atoms with Gasteiger partial charge in [-0.1, -0.05) is 55.5 Å². The normalized spacial score (nSPS) is 10.7. The number of aryl methyl sites for hydroxylation is 2. The van der Waals surface area contributed by atoms with E-state index in [4.69, 9.17) is 0 Å². The second-order valence-electron chi connectivity index (χ2n) is 7.02. The van der Waals surface area contributed by atoms with E-state index in [-0.39, 0.29) is 24.5 Å². The van der Waals surface area contributed by atoms with Gasteiger partial charge in [-0.25, -0.2) is 4.98 Å². The standard InChI is InChI=1S/C24H26N2O2S/c1-3-18-4-10-21(11-5-18)23(27)12-13-24(28)25-15-14-19-6-8-20(9-7-19)22-16-29-17(2)26-22/h4-11,16H,3,12-15H2,1-2H3,(H,25,28). The van der Waals surface area contributed by atoms with Gasteiger partial charge in [-0.15, -0.1) is 11.3 Å². The van der Waals surface area contributed by atoms with Crippen molar-refractivity contribution in [3.05, 3.63) is 75.6 Å². The minimum absolute atomic E-state index is 0.00988. The average molecular weight is 407 g/mol. The van der Waals surface area contributed by atoms with Crippen molar-refractivity contribution in [2.24, 2.45) is 0 Å². The van der Waals surface area contributed by atoms with E-state index in [1.807, 2.05) is 31.2 Å². The van der Waals surface area contributed by atoms with Gasteiger partial charge in [0, 0.05) is 35.9 Å². The van der Waals surface area contributed by atoms with Crippen LogP contribution < -0.4 is 5.32 Å². The molecule has 1 amide bonds. The highest BCUT2D eigenvalue weighted by molar-refractivity contribution is 7.09. The predicted octanol–water partition coefficient (Wildman–Crippen LogP) is 5.00. The van der Waals surface area contributed by atoms with E-state index in [9.17, 15) is 9.59 Å². The smallest absolute Gasteiger partial charge is 0.220 e. The van der Waals surface area contributed by atoms with Gasteiger partial charge in [-0.05, 0) is 30.9 Å². The van der Waals surface area contributed by atoms with Crippen LogP contribution in [-0.4, -0.2) is 23.2 Å². The van der Waals surface area contributed by atoms with Crippen LogP contribution in [0.3, 0.4) is 0 Å². The number of hydrogen-bond acceptors (Lipinski definition) is 4. The van der Waals surface area contributed by atoms with Crippen LogP contribution in [0.4, 0.5) is 0 Å². The number of nitrogens with one attached hydrogen (secondary N) is 1. The van der Waals surface area contributed by atoms with Crippen molar-refractivity contribution in [3.8, 4) is 11.3 Å². The van der Waals surface area contributed by atoms with Crippen LogP contribution in [0, 0.1) is 6.92 Å². The molecule has 0 bridgehead atoms. The number of amides is 1. The Labute approximate surface area is 176 Å². The molecule has 0 atom stereocenters. The van der Waals surface area contributed by atoms with Crippen LogP contribution in [0.5, 0.6) is 0 Å². The number of ketones is 1. The number of benzene rings is 2. The zero-order valence-electron chi connectivity index (χ0n) is 16.9. The first-order valence-corrected chi connectivity index (χ1v) is 10.8. The van der Waals surface area contributed by atoms with Crippen molar-refractivity contribution in [2.45, 2.75) is 39.5 Å². The second kappa shape index (κ2) is 10.1. The fourth-order valence-corrected chi connectivity index (χ4v) is 3.69. The molecule has 0 aliphatic rings. The lowest BCUT2D eigenvalue weighted by Gasteiger charge is -2.06. The summed E-state index contributed by atoms with van der Waals surface area (Å²) < 4.78 is 0. The van der Waals surface area contributed by atoms with Crippen molar-refractivity contribution in [3.63, 3.8) is 0 Å². The molecule has 1 N–H and O–H groups in total. The summed E-state index contributed by atoms with van der Waals surface area (Å²) in [5, 5.41) is 6.02. The minimum Gasteiger partial charge on any atom is -0.356 e. The monoisotopic (exact) mass is 406 g/mol. The molecule has 3 rings (SSSR count). The second-order valence-corrected chi connectivity index (χ2v) is 8.08. The van der Waals surface area contributed by atoms with Crippen molar-refractivity contribution >= 4 is 23.0 Å². The molecule has 0 aliphatic carbocycles. The Hall–Kier alpha value is -2.79. The van der Waals surface area contributed by atoms with E-state index >= 15 is 0 Å². The zero-order valence-corrected chi connectivity index (χ0v) is 17.7. The molecule has 1 heterocycles. The van der Waals surface area contributed by atoms with E-state index in [1.165, 1.54) is 5.56 Å². The van der Waals surface area contributed by atoms with Gasteiger partial charge in [0.2, 0.25) is 5.91 Å². The molecule has 0 saturated carbocycles. The van der Waals surface area contributed by atoms with Crippen molar-refractivity contribution < 1.29 is 9.59 Å². The van der Waals surface area contributed by atoms with Crippen LogP contribution in [0.2, 0.25) is 0 Å². The third kappa shape index (κ3) is 6.09. The van der Waals surface area contributed by atoms with Crippen LogP contribution in [-0.2, 0) is 17.6 Å². The van der Waals surface area contributed by atoms with Crippen molar-refractivity contribution in [1.29, 1.82) is 0 Å². The highest BCUT2D eigenvalue weighted by Crippen LogP contribution is 2.21. The van der Waals surface area contributed by atoms with Gasteiger partial charge in [0.25, 0.3) is 0 Å². The molecule has 0 unspecified atom stereocenters. The fraction of sp³-hybridized carbons (Fsp3) is 0.292. The summed E-state index contributed by atoms with van der Waals surface area (Å²) in [6.45, 7) is 4.64. The highest BCUT2D eigenvalue weighted by Gasteiger charge is 2.09. The van der Waals surface area contributed by atoms with Gasteiger partial charge in [0.15, 0.2) is 5.78 Å². The lowest BCUT2D eigenvalue weighted by atomic mass is 10.0. The first kappa shape index (κ1) is 20.9. The number of nitrogens with zero attached hydrogens (tertiary/aromatic N) is 1. The van der Waals surface area contributed by atoms with Crippen molar-refractivity contribution in [2.75, 3.05) is 6.54 Å². The molecule has 0 fully saturated rings. The molecule has 1 aromatic heterocycles. The summed E-state index contributed by atoms with van der Waals surface area (Å²) in [5.74, 6) is -0.0752. The third-order valence-corrected chi connectivity index (χ3v) is 5.64. The van der Waals surface area contributed by atoms with E-state index in [0.717, 1.165) is 34.7 Å². The first-order valence-electron chi connectivity index (χ1n) is 9.95. The molecule has 4 nitrogen and oxygen atoms in total. The molecule has 29 heavy (non-hydrogen) atoms. The Morgan fingerprint density at radius 2 is 1.66 bits per heavy atom. The summed E-state index contributed by atoms with van der Waals surface area (Å²) in [6, 6.07) is 15.9. The molecular weight excluding hydrogens is 380 g/mol. The maximum Gasteiger partial charge on any atom is 0.220 e. The average Bonchev–Trinajstić information content (AvgIpc) is 3.19. The SMILES string of the molecule is CCc1ccc(C(=O)CCC(=O)NCCc2ccc(-c3csc(C)n3)cc2)cc1. The summed E-state index contributed by atoms with van der Waals surface area (Å²) in [6.07, 6.45) is 2.16. The number of Topliss-reactive ketones (excluding diaryl/α,β-unsaturated/α-hetero) is 1. The summed E-state index contributed by atoms with van der Waals surface area (Å²) >= 11 is 1.64. The van der Waals surface area contributed by atoms with E-state index < -0.39 is 0 Å². The van der Waals surface area contributed by atoms with Gasteiger partial charge in [-0.2, -0.15) is 0 Å². The Bertz CT molecular complexity index is 959. The van der Waals surface area contributed by atoms with Gasteiger partial charge in [-0.3, -0.25) is 9.59 Å². The quantitative estimate of drug-likeness (QED) is 0.509. The topological polar surface area (TPSA) is 59.1 Å². The number of aromatic nitrogens is 1. The molecule has 0 saturated heterocycles. The van der Waals surface area contributed by atoms with Gasteiger partial charge in [0.05, 0.1) is 10.7 Å². The fourth-order valence-electron chi connectivity index (χ4n) is 3.07. The van der Waals surface area contributed by atoms with Crippen LogP contribution in [0.1, 0.15) is 46.3 Å². The van der Waals surface area contributed by atoms with E-state index in [1.54, 1.807) is 11.3 Å². The highest BCUT2D eigenvalue weighted by atomic mass is 32.1. The van der Waals surface area contributed by atoms with Gasteiger partial charge >= 0.3 is 0 Å². The van der Waals surface area contributed by atoms with E-state index in [0.29, 0.717) is 12.1 Å². The summed E-state index contributed by atoms with van der Waals surface area (Å²) in [5.41, 5.74) is 5.14. The molecule has 3 aromatic rings. The lowest BCUT2D eigenvalue weighted by molar-refractivity contribution is -0.121. The minimum atomic E-state index is -0.0851. The summed E-state index contributed by atoms with van der Waals surface area (Å²) in [7, 11) is 0.